The number of aliphatic hydroxyl groups excluding tert-OH is 4. The third kappa shape index (κ3) is 3.40. The maximum Gasteiger partial charge on any atom is 0.367 e. The molecule has 0 aromatic heterocycles. The maximum absolute atomic E-state index is 12.4. The molecule has 0 radical (unpaired) electrons. The average Bonchev–Trinajstić information content (AvgIpc) is 2.67. The van der Waals surface area contributed by atoms with Gasteiger partial charge < -0.3 is 25.0 Å². The first-order chi connectivity index (χ1) is 13.1. The number of hydrogen-bond acceptors (Lipinski definition) is 8. The zero-order chi connectivity index (χ0) is 20.7. The quantitative estimate of drug-likeness (QED) is 0.381. The van der Waals surface area contributed by atoms with E-state index in [4.69, 9.17) is 16.9 Å². The molecule has 0 bridgehead atoms. The van der Waals surface area contributed by atoms with Gasteiger partial charge in [-0.25, -0.2) is 9.78 Å². The molecule has 10 nitrogen and oxygen atoms in total. The Morgan fingerprint density at radius 3 is 2.36 bits per heavy atom. The predicted octanol–water partition coefficient (Wildman–Crippen LogP) is -1.25. The highest BCUT2D eigenvalue weighted by atomic mass is 35.5. The van der Waals surface area contributed by atoms with Gasteiger partial charge in [0.1, 0.15) is 18.3 Å². The van der Waals surface area contributed by atoms with Crippen molar-refractivity contribution in [2.24, 2.45) is 0 Å². The highest BCUT2D eigenvalue weighted by Crippen LogP contribution is 2.24. The Labute approximate surface area is 163 Å². The van der Waals surface area contributed by atoms with E-state index in [9.17, 15) is 24.9 Å². The lowest BCUT2D eigenvalue weighted by molar-refractivity contribution is -0.0802. The van der Waals surface area contributed by atoms with Crippen molar-refractivity contribution in [2.75, 3.05) is 6.61 Å². The number of aryl methyl sites for hydroxylation is 2. The summed E-state index contributed by atoms with van der Waals surface area (Å²) in [6.07, 6.45) is -4.76. The zero-order valence-corrected chi connectivity index (χ0v) is 15.8. The highest BCUT2D eigenvalue weighted by Gasteiger charge is 2.28. The van der Waals surface area contributed by atoms with E-state index in [-0.39, 0.29) is 18.1 Å². The van der Waals surface area contributed by atoms with Gasteiger partial charge in [0.2, 0.25) is 0 Å². The molecule has 1 aromatic carbocycles. The number of fused-ring (bicyclic) bond motifs is 2. The molecule has 2 aliphatic rings. The third-order valence-electron chi connectivity index (χ3n) is 4.68. The lowest BCUT2D eigenvalue weighted by Gasteiger charge is -2.25. The minimum absolute atomic E-state index is 0.118. The van der Waals surface area contributed by atoms with Gasteiger partial charge in [0, 0.05) is 11.8 Å². The molecule has 4 N–H and O–H groups in total. The predicted molar refractivity (Wildman–Crippen MR) is 101 cm³/mol. The van der Waals surface area contributed by atoms with Gasteiger partial charge in [-0.3, -0.25) is 4.79 Å². The van der Waals surface area contributed by atoms with Crippen LogP contribution in [0.15, 0.2) is 21.7 Å². The van der Waals surface area contributed by atoms with Crippen LogP contribution in [-0.4, -0.2) is 64.0 Å². The first kappa shape index (κ1) is 20.4. The molecule has 3 atom stereocenters. The van der Waals surface area contributed by atoms with Crippen LogP contribution < -0.4 is 11.2 Å². The van der Waals surface area contributed by atoms with E-state index in [0.29, 0.717) is 15.1 Å². The summed E-state index contributed by atoms with van der Waals surface area (Å²) in [5.41, 5.74) is 0.588. The Balaban J connectivity index is 2.32. The van der Waals surface area contributed by atoms with E-state index in [1.54, 1.807) is 12.1 Å². The summed E-state index contributed by atoms with van der Waals surface area (Å²) < 4.78 is 1.68. The second-order valence-corrected chi connectivity index (χ2v) is 6.95. The zero-order valence-electron chi connectivity index (χ0n) is 15.1. The SMILES string of the molecule is Cc1cc2nc3c(=O)n(Cl)c(=O)nc-3n(CC(O)C(O)C(O)CO)c2cc1C. The van der Waals surface area contributed by atoms with Crippen molar-refractivity contribution in [3.8, 4) is 11.5 Å². The number of halogens is 1. The van der Waals surface area contributed by atoms with Crippen LogP contribution in [0.5, 0.6) is 0 Å². The molecule has 0 fully saturated rings. The highest BCUT2D eigenvalue weighted by molar-refractivity contribution is 6.15. The number of hydrogen-bond donors (Lipinski definition) is 4. The molecule has 0 spiro atoms. The van der Waals surface area contributed by atoms with E-state index in [1.807, 2.05) is 13.8 Å². The van der Waals surface area contributed by atoms with E-state index in [1.165, 1.54) is 4.57 Å². The summed E-state index contributed by atoms with van der Waals surface area (Å²) >= 11 is 5.66. The molecule has 0 saturated heterocycles. The van der Waals surface area contributed by atoms with E-state index in [0.717, 1.165) is 11.1 Å². The van der Waals surface area contributed by atoms with Crippen molar-refractivity contribution in [2.45, 2.75) is 38.7 Å². The largest absolute Gasteiger partial charge is 0.394 e. The molecule has 2 aliphatic heterocycles. The van der Waals surface area contributed by atoms with Gasteiger partial charge in [-0.15, -0.1) is 0 Å². The van der Waals surface area contributed by atoms with Crippen molar-refractivity contribution < 1.29 is 20.4 Å². The van der Waals surface area contributed by atoms with Gasteiger partial charge in [0.25, 0.3) is 5.56 Å². The second kappa shape index (κ2) is 7.57. The van der Waals surface area contributed by atoms with Crippen LogP contribution in [0.25, 0.3) is 22.6 Å². The number of aromatic nitrogens is 4. The molecule has 0 aliphatic carbocycles. The van der Waals surface area contributed by atoms with Crippen molar-refractivity contribution in [3.63, 3.8) is 0 Å². The van der Waals surface area contributed by atoms with Gasteiger partial charge >= 0.3 is 5.69 Å². The number of benzene rings is 1. The fourth-order valence-corrected chi connectivity index (χ4v) is 3.04. The van der Waals surface area contributed by atoms with Gasteiger partial charge in [-0.1, -0.05) is 0 Å². The van der Waals surface area contributed by atoms with Crippen LogP contribution >= 0.6 is 11.8 Å². The Morgan fingerprint density at radius 2 is 1.71 bits per heavy atom. The molecular formula is C17H19ClN4O6. The molecule has 1 aromatic rings. The topological polar surface area (TPSA) is 151 Å². The molecule has 3 rings (SSSR count). The number of rotatable bonds is 5. The maximum atomic E-state index is 12.4. The van der Waals surface area contributed by atoms with Crippen LogP contribution in [0.1, 0.15) is 11.1 Å². The Bertz CT molecular complexity index is 1130. The lowest BCUT2D eigenvalue weighted by atomic mass is 10.1. The molecule has 28 heavy (non-hydrogen) atoms. The fraction of sp³-hybridized carbons (Fsp3) is 0.412. The Kier molecular flexibility index (Phi) is 5.50. The minimum atomic E-state index is -1.66. The Morgan fingerprint density at radius 1 is 1.07 bits per heavy atom. The van der Waals surface area contributed by atoms with Crippen LogP contribution in [0.2, 0.25) is 0 Å². The summed E-state index contributed by atoms with van der Waals surface area (Å²) in [6, 6.07) is 3.48. The van der Waals surface area contributed by atoms with Gasteiger partial charge in [0.15, 0.2) is 11.5 Å². The third-order valence-corrected chi connectivity index (χ3v) is 4.98. The van der Waals surface area contributed by atoms with Crippen molar-refractivity contribution in [1.82, 2.24) is 18.6 Å². The Hall–Kier alpha value is -2.37. The average molecular weight is 411 g/mol. The summed E-state index contributed by atoms with van der Waals surface area (Å²) in [4.78, 5) is 32.4. The summed E-state index contributed by atoms with van der Waals surface area (Å²) in [5.74, 6) is -0.118. The summed E-state index contributed by atoms with van der Waals surface area (Å²) in [7, 11) is 0. The minimum Gasteiger partial charge on any atom is -0.394 e. The second-order valence-electron chi connectivity index (χ2n) is 6.61. The first-order valence-corrected chi connectivity index (χ1v) is 8.75. The van der Waals surface area contributed by atoms with Crippen LogP contribution in [0, 0.1) is 13.8 Å². The molecular weight excluding hydrogens is 392 g/mol. The molecule has 11 heteroatoms. The number of aliphatic hydroxyl groups is 4. The van der Waals surface area contributed by atoms with Crippen LogP contribution in [0.4, 0.5) is 0 Å². The van der Waals surface area contributed by atoms with Gasteiger partial charge in [-0.2, -0.15) is 9.07 Å². The van der Waals surface area contributed by atoms with Crippen molar-refractivity contribution in [3.05, 3.63) is 44.1 Å². The van der Waals surface area contributed by atoms with E-state index >= 15 is 0 Å². The fourth-order valence-electron chi connectivity index (χ4n) is 2.92. The van der Waals surface area contributed by atoms with E-state index < -0.39 is 36.2 Å². The van der Waals surface area contributed by atoms with Gasteiger partial charge in [0.05, 0.1) is 24.2 Å². The van der Waals surface area contributed by atoms with Crippen LogP contribution in [0.3, 0.4) is 0 Å². The summed E-state index contributed by atoms with van der Waals surface area (Å²) in [5, 5.41) is 38.9. The molecule has 3 unspecified atom stereocenters. The number of nitrogens with zero attached hydrogens (tertiary/aromatic N) is 4. The summed E-state index contributed by atoms with van der Waals surface area (Å²) in [6.45, 7) is 2.64. The first-order valence-electron chi connectivity index (χ1n) is 8.41. The van der Waals surface area contributed by atoms with Crippen molar-refractivity contribution in [1.29, 1.82) is 0 Å². The lowest BCUT2D eigenvalue weighted by Crippen LogP contribution is -2.42. The normalized spacial score (nSPS) is 15.1. The monoisotopic (exact) mass is 410 g/mol. The molecule has 0 saturated carbocycles. The molecule has 150 valence electrons. The van der Waals surface area contributed by atoms with Crippen LogP contribution in [-0.2, 0) is 6.54 Å². The molecule has 2 heterocycles. The van der Waals surface area contributed by atoms with Crippen molar-refractivity contribution >= 4 is 22.8 Å². The smallest absolute Gasteiger partial charge is 0.367 e. The van der Waals surface area contributed by atoms with Gasteiger partial charge in [-0.05, 0) is 37.1 Å². The molecule has 0 amide bonds. The standard InChI is InChI=1S/C17H19ClN4O6/c1-7-3-9-10(4-8(7)2)21(5-11(24)14(26)12(25)6-23)15-13(19-9)16(27)22(18)17(28)20-15/h3-4,11-12,14,23-26H,5-6H2,1-2H3. The van der Waals surface area contributed by atoms with E-state index in [2.05, 4.69) is 9.97 Å².